The summed E-state index contributed by atoms with van der Waals surface area (Å²) in [5, 5.41) is 3.02. The topological polar surface area (TPSA) is 104 Å². The summed E-state index contributed by atoms with van der Waals surface area (Å²) in [6.07, 6.45) is 7.73. The average molecular weight is 634 g/mol. The van der Waals surface area contributed by atoms with Crippen molar-refractivity contribution in [1.82, 2.24) is 25.3 Å². The molecular formula is C38H43N5O2S. The van der Waals surface area contributed by atoms with Gasteiger partial charge in [-0.3, -0.25) is 4.79 Å². The maximum atomic E-state index is 12.7. The minimum absolute atomic E-state index is 0.0281. The predicted octanol–water partition coefficient (Wildman–Crippen LogP) is 8.71. The summed E-state index contributed by atoms with van der Waals surface area (Å²) in [7, 11) is 0. The molecule has 8 heteroatoms. The smallest absolute Gasteiger partial charge is 0.220 e. The van der Waals surface area contributed by atoms with Crippen LogP contribution in [0.5, 0.6) is 0 Å². The molecule has 8 bridgehead atoms. The largest absolute Gasteiger partial charge is 0.355 e. The number of carbonyl (C=O) groups is 2. The van der Waals surface area contributed by atoms with E-state index in [4.69, 9.17) is 9.97 Å². The van der Waals surface area contributed by atoms with Crippen LogP contribution in [0.4, 0.5) is 0 Å². The van der Waals surface area contributed by atoms with Crippen molar-refractivity contribution < 1.29 is 9.59 Å². The maximum absolute atomic E-state index is 12.7. The van der Waals surface area contributed by atoms with Gasteiger partial charge in [0, 0.05) is 58.3 Å². The van der Waals surface area contributed by atoms with Gasteiger partial charge in [-0.2, -0.15) is 11.8 Å². The van der Waals surface area contributed by atoms with Crippen LogP contribution < -0.4 is 5.32 Å². The minimum Gasteiger partial charge on any atom is -0.355 e. The van der Waals surface area contributed by atoms with E-state index >= 15 is 0 Å². The summed E-state index contributed by atoms with van der Waals surface area (Å²) < 4.78 is 0. The van der Waals surface area contributed by atoms with Crippen LogP contribution in [0.1, 0.15) is 91.5 Å². The minimum atomic E-state index is 0.0281. The molecule has 2 aliphatic heterocycles. The molecule has 2 aliphatic rings. The number of aromatic amines is 2. The summed E-state index contributed by atoms with van der Waals surface area (Å²) in [6.45, 7) is 18.8. The molecule has 0 atom stereocenters. The second-order valence-corrected chi connectivity index (χ2v) is 13.0. The highest BCUT2D eigenvalue weighted by molar-refractivity contribution is 7.98. The molecule has 3 aromatic heterocycles. The van der Waals surface area contributed by atoms with Gasteiger partial charge in [-0.25, -0.2) is 9.97 Å². The molecule has 0 aliphatic carbocycles. The van der Waals surface area contributed by atoms with Gasteiger partial charge in [0.05, 0.1) is 22.8 Å². The summed E-state index contributed by atoms with van der Waals surface area (Å²) >= 11 is 1.71. The number of amides is 1. The zero-order chi connectivity index (χ0) is 33.1. The van der Waals surface area contributed by atoms with E-state index in [1.807, 2.05) is 24.5 Å². The van der Waals surface area contributed by atoms with Crippen molar-refractivity contribution >= 4 is 80.0 Å². The quantitative estimate of drug-likeness (QED) is 0.183. The van der Waals surface area contributed by atoms with Crippen LogP contribution in [0, 0.1) is 13.8 Å². The van der Waals surface area contributed by atoms with E-state index in [-0.39, 0.29) is 11.7 Å². The van der Waals surface area contributed by atoms with Gasteiger partial charge in [-0.15, -0.1) is 0 Å². The van der Waals surface area contributed by atoms with Crippen molar-refractivity contribution in [2.24, 2.45) is 0 Å². The van der Waals surface area contributed by atoms with Crippen LogP contribution in [-0.2, 0) is 9.59 Å². The lowest BCUT2D eigenvalue weighted by Gasteiger charge is -2.07. The van der Waals surface area contributed by atoms with Crippen molar-refractivity contribution in [2.45, 2.75) is 60.3 Å². The molecule has 0 unspecified atom stereocenters. The van der Waals surface area contributed by atoms with E-state index in [1.165, 1.54) is 0 Å². The average Bonchev–Trinajstić information content (AvgIpc) is 3.68. The molecule has 3 N–H and O–H groups in total. The van der Waals surface area contributed by atoms with Crippen molar-refractivity contribution in [3.8, 4) is 0 Å². The zero-order valence-corrected chi connectivity index (χ0v) is 28.6. The Hall–Kier alpha value is -4.43. The van der Waals surface area contributed by atoms with Crippen LogP contribution in [-0.4, -0.2) is 50.2 Å². The van der Waals surface area contributed by atoms with Crippen LogP contribution in [0.2, 0.25) is 0 Å². The number of nitrogens with one attached hydrogen (secondary N) is 3. The molecule has 7 nitrogen and oxygen atoms in total. The third-order valence-electron chi connectivity index (χ3n) is 9.00. The highest BCUT2D eigenvalue weighted by Crippen LogP contribution is 2.38. The number of allylic oxidation sites excluding steroid dienone is 4. The van der Waals surface area contributed by atoms with Crippen LogP contribution in [0.25, 0.3) is 56.5 Å². The number of thioether (sulfide) groups is 1. The van der Waals surface area contributed by atoms with Crippen LogP contribution in [0.3, 0.4) is 0 Å². The summed E-state index contributed by atoms with van der Waals surface area (Å²) in [4.78, 5) is 42.3. The van der Waals surface area contributed by atoms with Gasteiger partial charge >= 0.3 is 0 Å². The molecule has 238 valence electrons. The molecule has 1 amide bonds. The molecule has 0 spiro atoms. The fourth-order valence-corrected chi connectivity index (χ4v) is 6.53. The Bertz CT molecular complexity index is 1990. The van der Waals surface area contributed by atoms with E-state index in [2.05, 4.69) is 74.3 Å². The van der Waals surface area contributed by atoms with Crippen molar-refractivity contribution in [3.05, 3.63) is 82.5 Å². The molecule has 0 aromatic carbocycles. The normalized spacial score (nSPS) is 12.9. The second-order valence-electron chi connectivity index (χ2n) is 12.0. The van der Waals surface area contributed by atoms with Crippen LogP contribution in [0.15, 0.2) is 37.4 Å². The Morgan fingerprint density at radius 1 is 0.761 bits per heavy atom. The van der Waals surface area contributed by atoms with Gasteiger partial charge < -0.3 is 20.1 Å². The number of aromatic nitrogens is 4. The SMILES string of the molecule is C=Cc1c(C)c2cc3[nH]c(cc4nc(cc5nc(cc1[nH]2)C(C)=C5CCC(C)=O)C(CCC(=O)NCCSC)=C4C)c(C)c3C=C. The van der Waals surface area contributed by atoms with Gasteiger partial charge in [0.15, 0.2) is 0 Å². The number of H-pyrrole nitrogens is 2. The number of hydrogen-bond acceptors (Lipinski definition) is 5. The number of fused-ring (bicyclic) bond motifs is 8. The first kappa shape index (κ1) is 32.9. The van der Waals surface area contributed by atoms with Gasteiger partial charge in [-0.05, 0) is 111 Å². The van der Waals surface area contributed by atoms with E-state index in [1.54, 1.807) is 18.7 Å². The maximum Gasteiger partial charge on any atom is 0.220 e. The first-order chi connectivity index (χ1) is 22.1. The number of carbonyl (C=O) groups excluding carboxylic acids is 2. The van der Waals surface area contributed by atoms with Crippen LogP contribution >= 0.6 is 11.8 Å². The Balaban J connectivity index is 1.81. The monoisotopic (exact) mass is 633 g/mol. The molecule has 5 heterocycles. The Kier molecular flexibility index (Phi) is 9.97. The molecule has 0 saturated heterocycles. The van der Waals surface area contributed by atoms with Crippen molar-refractivity contribution in [3.63, 3.8) is 0 Å². The Labute approximate surface area is 275 Å². The van der Waals surface area contributed by atoms with Gasteiger partial charge in [-0.1, -0.05) is 25.3 Å². The highest BCUT2D eigenvalue weighted by Gasteiger charge is 2.22. The third kappa shape index (κ3) is 6.58. The van der Waals surface area contributed by atoms with Crippen molar-refractivity contribution in [1.29, 1.82) is 0 Å². The van der Waals surface area contributed by atoms with E-state index in [0.29, 0.717) is 32.2 Å². The lowest BCUT2D eigenvalue weighted by Crippen LogP contribution is -2.25. The Morgan fingerprint density at radius 2 is 1.26 bits per heavy atom. The van der Waals surface area contributed by atoms with Gasteiger partial charge in [0.1, 0.15) is 5.78 Å². The number of ketones is 1. The summed E-state index contributed by atoms with van der Waals surface area (Å²) in [5.74, 6) is 1.04. The van der Waals surface area contributed by atoms with E-state index < -0.39 is 0 Å². The fourth-order valence-electron chi connectivity index (χ4n) is 6.22. The Morgan fingerprint density at radius 3 is 1.78 bits per heavy atom. The molecule has 0 fully saturated rings. The number of aryl methyl sites for hydroxylation is 2. The first-order valence-corrected chi connectivity index (χ1v) is 17.1. The van der Waals surface area contributed by atoms with Gasteiger partial charge in [0.25, 0.3) is 0 Å². The number of nitrogens with zero attached hydrogens (tertiary/aromatic N) is 2. The molecule has 5 rings (SSSR count). The number of rotatable bonds is 11. The molecule has 0 radical (unpaired) electrons. The van der Waals surface area contributed by atoms with E-state index in [9.17, 15) is 9.59 Å². The number of hydrogen-bond donors (Lipinski definition) is 3. The first-order valence-electron chi connectivity index (χ1n) is 15.7. The zero-order valence-electron chi connectivity index (χ0n) is 27.7. The molecular weight excluding hydrogens is 591 g/mol. The fraction of sp³-hybridized carbons (Fsp3) is 0.316. The standard InChI is InChI=1S/C38H43N5O2S/c1-9-26-22(4)30-17-31-25(7)29(13-14-38(45)39-15-16-46-8)37(42-31)20-36-28(12-11-21(3)44)24(6)33(43-36)19-35-27(10-2)23(5)32(41-35)18-34(26)40-30/h9-10,17-20,40-41H,1-2,11-16H2,3-8H3,(H,39,45). The highest BCUT2D eigenvalue weighted by atomic mass is 32.2. The predicted molar refractivity (Wildman–Crippen MR) is 196 cm³/mol. The number of Topliss-reactive ketones (excluding diaryl/α,β-unsaturated/α-hetero) is 1. The lowest BCUT2D eigenvalue weighted by atomic mass is 9.97. The molecule has 3 aromatic rings. The lowest BCUT2D eigenvalue weighted by molar-refractivity contribution is -0.121. The molecule has 0 saturated carbocycles. The second kappa shape index (κ2) is 13.9. The van der Waals surface area contributed by atoms with Crippen molar-refractivity contribution in [2.75, 3.05) is 18.6 Å². The van der Waals surface area contributed by atoms with E-state index in [0.717, 1.165) is 95.1 Å². The summed E-state index contributed by atoms with van der Waals surface area (Å²) in [6, 6.07) is 8.31. The molecule has 46 heavy (non-hydrogen) atoms. The summed E-state index contributed by atoms with van der Waals surface area (Å²) in [5.41, 5.74) is 15.4. The third-order valence-corrected chi connectivity index (χ3v) is 9.61. The van der Waals surface area contributed by atoms with Gasteiger partial charge in [0.2, 0.25) is 5.91 Å².